The van der Waals surface area contributed by atoms with E-state index in [-0.39, 0.29) is 17.4 Å². The Kier molecular flexibility index (Phi) is 6.17. The first-order valence-corrected chi connectivity index (χ1v) is 11.3. The molecule has 4 aromatic heterocycles. The molecule has 1 saturated carbocycles. The number of imidazole rings is 1. The Morgan fingerprint density at radius 3 is 2.61 bits per heavy atom. The number of ether oxygens (including phenoxy) is 1. The number of rotatable bonds is 8. The van der Waals surface area contributed by atoms with E-state index in [1.807, 2.05) is 0 Å². The van der Waals surface area contributed by atoms with Gasteiger partial charge in [0.05, 0.1) is 29.8 Å². The van der Waals surface area contributed by atoms with Crippen LogP contribution in [0.4, 0.5) is 19.0 Å². The van der Waals surface area contributed by atoms with Gasteiger partial charge in [-0.15, -0.1) is 0 Å². The van der Waals surface area contributed by atoms with Gasteiger partial charge in [-0.05, 0) is 43.5 Å². The van der Waals surface area contributed by atoms with Crippen LogP contribution in [-0.4, -0.2) is 43.6 Å². The van der Waals surface area contributed by atoms with Crippen LogP contribution < -0.4 is 15.8 Å². The van der Waals surface area contributed by atoms with Gasteiger partial charge < -0.3 is 15.8 Å². The van der Waals surface area contributed by atoms with Crippen molar-refractivity contribution in [2.75, 3.05) is 18.9 Å². The molecule has 0 aliphatic heterocycles. The molecule has 0 atom stereocenters. The maximum Gasteiger partial charge on any atom is 0.419 e. The predicted octanol–water partition coefficient (Wildman–Crippen LogP) is 3.75. The third kappa shape index (κ3) is 5.07. The molecule has 3 N–H and O–H groups in total. The highest BCUT2D eigenvalue weighted by molar-refractivity contribution is 5.80. The molecule has 12 heteroatoms. The van der Waals surface area contributed by atoms with E-state index in [0.717, 1.165) is 18.9 Å². The van der Waals surface area contributed by atoms with Gasteiger partial charge in [-0.1, -0.05) is 0 Å². The zero-order valence-electron chi connectivity index (χ0n) is 19.0. The molecule has 0 unspecified atom stereocenters. The second-order valence-corrected chi connectivity index (χ2v) is 8.44. The number of nitrogens with zero attached hydrogens (tertiary/aromatic N) is 5. The minimum atomic E-state index is -4.63. The molecule has 1 amide bonds. The van der Waals surface area contributed by atoms with Gasteiger partial charge in [0.25, 0.3) is 0 Å². The third-order valence-electron chi connectivity index (χ3n) is 5.73. The number of pyridine rings is 2. The molecular formula is C24H22F3N7O2. The highest BCUT2D eigenvalue weighted by atomic mass is 19.4. The van der Waals surface area contributed by atoms with Crippen molar-refractivity contribution >= 4 is 17.4 Å². The summed E-state index contributed by atoms with van der Waals surface area (Å²) in [5.41, 5.74) is 6.62. The lowest BCUT2D eigenvalue weighted by Crippen LogP contribution is -2.26. The van der Waals surface area contributed by atoms with Crippen LogP contribution in [0.1, 0.15) is 24.8 Å². The van der Waals surface area contributed by atoms with E-state index < -0.39 is 17.6 Å². The van der Waals surface area contributed by atoms with Crippen molar-refractivity contribution in [3.8, 4) is 28.4 Å². The second kappa shape index (κ2) is 9.44. The third-order valence-corrected chi connectivity index (χ3v) is 5.73. The van der Waals surface area contributed by atoms with Gasteiger partial charge in [-0.25, -0.2) is 19.5 Å². The Labute approximate surface area is 203 Å². The zero-order valence-corrected chi connectivity index (χ0v) is 19.0. The number of hydrogen-bond donors (Lipinski definition) is 2. The van der Waals surface area contributed by atoms with Gasteiger partial charge in [0.2, 0.25) is 11.8 Å². The molecule has 5 rings (SSSR count). The number of nitrogens with two attached hydrogens (primary N) is 1. The molecule has 0 saturated heterocycles. The SMILES string of the molecule is Nc1ncc(-c2cnc3ccc(-c4ccc(OCCCNC(=O)C5CC5)nc4)nn23)cc1C(F)(F)F. The first kappa shape index (κ1) is 23.5. The molecule has 0 bridgehead atoms. The van der Waals surface area contributed by atoms with Gasteiger partial charge in [0.1, 0.15) is 5.82 Å². The molecule has 36 heavy (non-hydrogen) atoms. The number of aromatic nitrogens is 5. The molecule has 4 heterocycles. The number of amides is 1. The standard InChI is InChI=1S/C24H22F3N7O2/c25-24(26,27)17-10-16(12-32-22(17)28)19-13-30-20-6-5-18(33-34(19)20)15-4-7-21(31-11-15)36-9-1-8-29-23(35)14-2-3-14/h4-7,10-14H,1-3,8-9H2,(H2,28,32)(H,29,35). The molecule has 0 aromatic carbocycles. The van der Waals surface area contributed by atoms with Crippen LogP contribution in [-0.2, 0) is 11.0 Å². The molecule has 1 aliphatic carbocycles. The van der Waals surface area contributed by atoms with Crippen molar-refractivity contribution in [1.29, 1.82) is 0 Å². The van der Waals surface area contributed by atoms with Gasteiger partial charge >= 0.3 is 6.18 Å². The fraction of sp³-hybridized carbons (Fsp3) is 0.292. The minimum absolute atomic E-state index is 0.108. The average Bonchev–Trinajstić information content (AvgIpc) is 3.63. The Hall–Kier alpha value is -4.22. The van der Waals surface area contributed by atoms with E-state index in [1.54, 1.807) is 30.5 Å². The fourth-order valence-electron chi connectivity index (χ4n) is 3.63. The normalized spacial score (nSPS) is 13.6. The number of carbonyl (C=O) groups excluding carboxylic acids is 1. The molecular weight excluding hydrogens is 475 g/mol. The summed E-state index contributed by atoms with van der Waals surface area (Å²) < 4.78 is 46.9. The molecule has 0 spiro atoms. The summed E-state index contributed by atoms with van der Waals surface area (Å²) in [4.78, 5) is 23.8. The van der Waals surface area contributed by atoms with E-state index in [4.69, 9.17) is 10.5 Å². The lowest BCUT2D eigenvalue weighted by molar-refractivity contribution is -0.137. The van der Waals surface area contributed by atoms with Crippen molar-refractivity contribution in [2.45, 2.75) is 25.4 Å². The Bertz CT molecular complexity index is 1400. The van der Waals surface area contributed by atoms with Crippen LogP contribution in [0, 0.1) is 5.92 Å². The average molecular weight is 497 g/mol. The number of carbonyl (C=O) groups is 1. The molecule has 9 nitrogen and oxygen atoms in total. The Balaban J connectivity index is 1.29. The van der Waals surface area contributed by atoms with Crippen LogP contribution in [0.5, 0.6) is 5.88 Å². The topological polar surface area (TPSA) is 120 Å². The van der Waals surface area contributed by atoms with E-state index in [0.29, 0.717) is 48.1 Å². The minimum Gasteiger partial charge on any atom is -0.478 e. The van der Waals surface area contributed by atoms with Crippen LogP contribution in [0.3, 0.4) is 0 Å². The maximum absolute atomic E-state index is 13.3. The summed E-state index contributed by atoms with van der Waals surface area (Å²) in [5.74, 6) is 0.137. The fourth-order valence-corrected chi connectivity index (χ4v) is 3.63. The molecule has 1 aliphatic rings. The van der Waals surface area contributed by atoms with Crippen LogP contribution in [0.25, 0.3) is 28.2 Å². The van der Waals surface area contributed by atoms with E-state index in [1.165, 1.54) is 16.9 Å². The molecule has 0 radical (unpaired) electrons. The first-order chi connectivity index (χ1) is 17.3. The molecule has 186 valence electrons. The van der Waals surface area contributed by atoms with Crippen molar-refractivity contribution in [1.82, 2.24) is 29.9 Å². The van der Waals surface area contributed by atoms with Crippen LogP contribution in [0.15, 0.2) is 48.9 Å². The van der Waals surface area contributed by atoms with Crippen molar-refractivity contribution in [2.24, 2.45) is 5.92 Å². The lowest BCUT2D eigenvalue weighted by atomic mass is 10.1. The van der Waals surface area contributed by atoms with Gasteiger partial charge in [-0.3, -0.25) is 4.79 Å². The lowest BCUT2D eigenvalue weighted by Gasteiger charge is -2.11. The summed E-state index contributed by atoms with van der Waals surface area (Å²) >= 11 is 0. The second-order valence-electron chi connectivity index (χ2n) is 8.44. The Morgan fingerprint density at radius 2 is 1.89 bits per heavy atom. The summed E-state index contributed by atoms with van der Waals surface area (Å²) in [7, 11) is 0. The van der Waals surface area contributed by atoms with E-state index in [9.17, 15) is 18.0 Å². The molecule has 4 aromatic rings. The number of hydrogen-bond acceptors (Lipinski definition) is 7. The Morgan fingerprint density at radius 1 is 1.08 bits per heavy atom. The highest BCUT2D eigenvalue weighted by Gasteiger charge is 2.34. The highest BCUT2D eigenvalue weighted by Crippen LogP contribution is 2.35. The number of halogens is 3. The summed E-state index contributed by atoms with van der Waals surface area (Å²) in [6.45, 7) is 0.966. The summed E-state index contributed by atoms with van der Waals surface area (Å²) in [6, 6.07) is 7.88. The number of fused-ring (bicyclic) bond motifs is 1. The quantitative estimate of drug-likeness (QED) is 0.356. The van der Waals surface area contributed by atoms with Crippen LogP contribution >= 0.6 is 0 Å². The van der Waals surface area contributed by atoms with E-state index in [2.05, 4.69) is 25.4 Å². The number of alkyl halides is 3. The van der Waals surface area contributed by atoms with Crippen molar-refractivity contribution in [3.63, 3.8) is 0 Å². The summed E-state index contributed by atoms with van der Waals surface area (Å²) in [6.07, 6.45) is 2.27. The smallest absolute Gasteiger partial charge is 0.419 e. The zero-order chi connectivity index (χ0) is 25.3. The number of nitrogens with one attached hydrogen (secondary N) is 1. The van der Waals surface area contributed by atoms with E-state index >= 15 is 0 Å². The monoisotopic (exact) mass is 497 g/mol. The number of anilines is 1. The largest absolute Gasteiger partial charge is 0.478 e. The van der Waals surface area contributed by atoms with Crippen LogP contribution in [0.2, 0.25) is 0 Å². The predicted molar refractivity (Wildman–Crippen MR) is 125 cm³/mol. The maximum atomic E-state index is 13.3. The van der Waals surface area contributed by atoms with Gasteiger partial charge in [0, 0.05) is 42.0 Å². The first-order valence-electron chi connectivity index (χ1n) is 11.3. The van der Waals surface area contributed by atoms with Crippen molar-refractivity contribution in [3.05, 3.63) is 54.5 Å². The molecule has 1 fully saturated rings. The van der Waals surface area contributed by atoms with Crippen molar-refractivity contribution < 1.29 is 22.7 Å². The number of nitrogen functional groups attached to an aromatic ring is 1. The van der Waals surface area contributed by atoms with Gasteiger partial charge in [0.15, 0.2) is 5.65 Å². The van der Waals surface area contributed by atoms with Gasteiger partial charge in [-0.2, -0.15) is 18.3 Å². The summed E-state index contributed by atoms with van der Waals surface area (Å²) in [5, 5.41) is 7.42.